The summed E-state index contributed by atoms with van der Waals surface area (Å²) in [6.07, 6.45) is 2.54. The van der Waals surface area contributed by atoms with E-state index in [0.717, 1.165) is 21.6 Å². The monoisotopic (exact) mass is 394 g/mol. The number of amides is 1. The van der Waals surface area contributed by atoms with E-state index in [1.54, 1.807) is 17.5 Å². The molecule has 25 heavy (non-hydrogen) atoms. The number of sulfonamides is 1. The van der Waals surface area contributed by atoms with Gasteiger partial charge in [-0.15, -0.1) is 22.7 Å². The van der Waals surface area contributed by atoms with Gasteiger partial charge in [0.15, 0.2) is 0 Å². The first-order valence-corrected chi connectivity index (χ1v) is 10.8. The van der Waals surface area contributed by atoms with Crippen molar-refractivity contribution in [2.24, 2.45) is 0 Å². The molecule has 10 heteroatoms. The SMILES string of the molecule is O=C(Nc1ncnc2sccc12)[C@@H]1CCCN1S(=O)(=O)c1cccs1. The van der Waals surface area contributed by atoms with E-state index in [4.69, 9.17) is 0 Å². The van der Waals surface area contributed by atoms with Gasteiger partial charge in [-0.3, -0.25) is 4.79 Å². The van der Waals surface area contributed by atoms with Crippen LogP contribution in [-0.4, -0.2) is 41.2 Å². The highest BCUT2D eigenvalue weighted by Crippen LogP contribution is 2.30. The molecule has 4 rings (SSSR count). The molecule has 7 nitrogen and oxygen atoms in total. The maximum atomic E-state index is 12.8. The van der Waals surface area contributed by atoms with Gasteiger partial charge in [0.05, 0.1) is 5.39 Å². The van der Waals surface area contributed by atoms with Gasteiger partial charge in [0.25, 0.3) is 10.0 Å². The molecule has 1 saturated heterocycles. The van der Waals surface area contributed by atoms with Crippen LogP contribution in [0.15, 0.2) is 39.5 Å². The number of carbonyl (C=O) groups excluding carboxylic acids is 1. The topological polar surface area (TPSA) is 92.3 Å². The Kier molecular flexibility index (Phi) is 4.28. The molecule has 3 aromatic heterocycles. The third-order valence-corrected chi connectivity index (χ3v) is 8.17. The second kappa shape index (κ2) is 6.45. The molecule has 3 aromatic rings. The number of thiophene rings is 2. The number of nitrogens with one attached hydrogen (secondary N) is 1. The Morgan fingerprint density at radius 2 is 2.12 bits per heavy atom. The lowest BCUT2D eigenvalue weighted by atomic mass is 10.2. The third-order valence-electron chi connectivity index (χ3n) is 4.07. The van der Waals surface area contributed by atoms with E-state index in [9.17, 15) is 13.2 Å². The fourth-order valence-corrected chi connectivity index (χ4v) is 6.41. The number of rotatable bonds is 4. The zero-order valence-electron chi connectivity index (χ0n) is 13.0. The van der Waals surface area contributed by atoms with Crippen molar-refractivity contribution in [3.05, 3.63) is 35.3 Å². The summed E-state index contributed by atoms with van der Waals surface area (Å²) in [4.78, 5) is 21.8. The minimum Gasteiger partial charge on any atom is -0.309 e. The molecule has 0 aliphatic carbocycles. The quantitative estimate of drug-likeness (QED) is 0.734. The first-order valence-electron chi connectivity index (χ1n) is 7.62. The molecular formula is C15H14N4O3S3. The van der Waals surface area contributed by atoms with Gasteiger partial charge < -0.3 is 5.32 Å². The molecule has 0 bridgehead atoms. The van der Waals surface area contributed by atoms with Gasteiger partial charge in [-0.2, -0.15) is 4.31 Å². The molecule has 1 aliphatic heterocycles. The lowest BCUT2D eigenvalue weighted by molar-refractivity contribution is -0.119. The molecule has 0 radical (unpaired) electrons. The fraction of sp³-hybridized carbons (Fsp3) is 0.267. The Balaban J connectivity index is 1.60. The minimum absolute atomic E-state index is 0.259. The van der Waals surface area contributed by atoms with Crippen LogP contribution in [0.3, 0.4) is 0 Å². The van der Waals surface area contributed by atoms with E-state index in [2.05, 4.69) is 15.3 Å². The van der Waals surface area contributed by atoms with E-state index in [1.165, 1.54) is 22.0 Å². The van der Waals surface area contributed by atoms with Gasteiger partial charge in [-0.05, 0) is 35.7 Å². The van der Waals surface area contributed by atoms with Crippen molar-refractivity contribution in [1.82, 2.24) is 14.3 Å². The Hall–Kier alpha value is -1.88. The molecule has 0 aromatic carbocycles. The normalized spacial score (nSPS) is 18.6. The van der Waals surface area contributed by atoms with Crippen LogP contribution >= 0.6 is 22.7 Å². The summed E-state index contributed by atoms with van der Waals surface area (Å²) in [6.45, 7) is 0.343. The maximum absolute atomic E-state index is 12.8. The van der Waals surface area contributed by atoms with Crippen molar-refractivity contribution in [3.8, 4) is 0 Å². The summed E-state index contributed by atoms with van der Waals surface area (Å²) in [6, 6.07) is 4.37. The fourth-order valence-electron chi connectivity index (χ4n) is 2.91. The van der Waals surface area contributed by atoms with Crippen LogP contribution in [-0.2, 0) is 14.8 Å². The Morgan fingerprint density at radius 3 is 2.92 bits per heavy atom. The predicted octanol–water partition coefficient (Wildman–Crippen LogP) is 2.54. The summed E-state index contributed by atoms with van der Waals surface area (Å²) < 4.78 is 27.1. The van der Waals surface area contributed by atoms with Crippen LogP contribution in [0.2, 0.25) is 0 Å². The molecule has 1 aliphatic rings. The Morgan fingerprint density at radius 1 is 1.24 bits per heavy atom. The van der Waals surface area contributed by atoms with E-state index >= 15 is 0 Å². The predicted molar refractivity (Wildman–Crippen MR) is 97.3 cm³/mol. The summed E-state index contributed by atoms with van der Waals surface area (Å²) in [5.74, 6) is 0.0560. The second-order valence-electron chi connectivity index (χ2n) is 5.56. The highest BCUT2D eigenvalue weighted by Gasteiger charge is 2.40. The standard InChI is InChI=1S/C15H14N4O3S3/c20-14(18-13-10-5-8-24-15(10)17-9-16-13)11-3-1-6-19(11)25(21,22)12-4-2-7-23-12/h2,4-5,7-9,11H,1,3,6H2,(H,16,17,18,20)/t11-/m0/s1. The van der Waals surface area contributed by atoms with E-state index in [-0.39, 0.29) is 10.1 Å². The molecule has 0 spiro atoms. The molecule has 130 valence electrons. The smallest absolute Gasteiger partial charge is 0.253 e. The number of aromatic nitrogens is 2. The van der Waals surface area contributed by atoms with Crippen LogP contribution in [0.25, 0.3) is 10.2 Å². The van der Waals surface area contributed by atoms with Crippen molar-refractivity contribution in [3.63, 3.8) is 0 Å². The average molecular weight is 395 g/mol. The molecule has 1 atom stereocenters. The lowest BCUT2D eigenvalue weighted by Crippen LogP contribution is -2.43. The maximum Gasteiger partial charge on any atom is 0.253 e. The summed E-state index contributed by atoms with van der Waals surface area (Å²) >= 11 is 2.61. The molecule has 0 unspecified atom stereocenters. The lowest BCUT2D eigenvalue weighted by Gasteiger charge is -2.22. The van der Waals surface area contributed by atoms with Gasteiger partial charge in [-0.25, -0.2) is 18.4 Å². The number of nitrogens with zero attached hydrogens (tertiary/aromatic N) is 3. The number of fused-ring (bicyclic) bond motifs is 1. The Bertz CT molecular complexity index is 1010. The van der Waals surface area contributed by atoms with Crippen LogP contribution < -0.4 is 5.32 Å². The number of hydrogen-bond donors (Lipinski definition) is 1. The van der Waals surface area contributed by atoms with E-state index in [0.29, 0.717) is 25.2 Å². The van der Waals surface area contributed by atoms with Crippen LogP contribution in [0.5, 0.6) is 0 Å². The van der Waals surface area contributed by atoms with E-state index < -0.39 is 16.1 Å². The molecule has 1 fully saturated rings. The van der Waals surface area contributed by atoms with Crippen molar-refractivity contribution in [2.75, 3.05) is 11.9 Å². The molecule has 4 heterocycles. The summed E-state index contributed by atoms with van der Waals surface area (Å²) in [7, 11) is -3.65. The molecule has 1 amide bonds. The summed E-state index contributed by atoms with van der Waals surface area (Å²) in [5.41, 5.74) is 0. The number of carbonyl (C=O) groups is 1. The second-order valence-corrected chi connectivity index (χ2v) is 9.52. The van der Waals surface area contributed by atoms with E-state index in [1.807, 2.05) is 11.4 Å². The van der Waals surface area contributed by atoms with Gasteiger partial charge in [0.1, 0.15) is 27.2 Å². The first kappa shape index (κ1) is 16.6. The third kappa shape index (κ3) is 2.95. The van der Waals surface area contributed by atoms with Crippen molar-refractivity contribution < 1.29 is 13.2 Å². The Labute approximate surface area is 152 Å². The van der Waals surface area contributed by atoms with Gasteiger partial charge in [-0.1, -0.05) is 6.07 Å². The summed E-state index contributed by atoms with van der Waals surface area (Å²) in [5, 5.41) is 7.12. The largest absolute Gasteiger partial charge is 0.309 e. The zero-order chi connectivity index (χ0) is 17.4. The highest BCUT2D eigenvalue weighted by atomic mass is 32.2. The first-order chi connectivity index (χ1) is 12.1. The molecule has 1 N–H and O–H groups in total. The zero-order valence-corrected chi connectivity index (χ0v) is 15.4. The molecular weight excluding hydrogens is 380 g/mol. The van der Waals surface area contributed by atoms with Crippen LogP contribution in [0, 0.1) is 0 Å². The minimum atomic E-state index is -3.65. The van der Waals surface area contributed by atoms with Crippen molar-refractivity contribution in [1.29, 1.82) is 0 Å². The number of hydrogen-bond acceptors (Lipinski definition) is 7. The number of anilines is 1. The van der Waals surface area contributed by atoms with Gasteiger partial charge in [0.2, 0.25) is 5.91 Å². The van der Waals surface area contributed by atoms with Crippen LogP contribution in [0.4, 0.5) is 5.82 Å². The van der Waals surface area contributed by atoms with Crippen LogP contribution in [0.1, 0.15) is 12.8 Å². The van der Waals surface area contributed by atoms with Crippen molar-refractivity contribution >= 4 is 54.6 Å². The van der Waals surface area contributed by atoms with Crippen molar-refractivity contribution in [2.45, 2.75) is 23.1 Å². The van der Waals surface area contributed by atoms with Gasteiger partial charge in [0, 0.05) is 6.54 Å². The highest BCUT2D eigenvalue weighted by molar-refractivity contribution is 7.91. The average Bonchev–Trinajstić information content (AvgIpc) is 3.33. The molecule has 0 saturated carbocycles. The van der Waals surface area contributed by atoms with Gasteiger partial charge >= 0.3 is 0 Å².